The molecule has 3 heteroatoms. The maximum atomic E-state index is 12.5. The third kappa shape index (κ3) is 5.77. The van der Waals surface area contributed by atoms with Gasteiger partial charge in [-0.3, -0.25) is 0 Å². The topological polar surface area (TPSA) is 0 Å². The van der Waals surface area contributed by atoms with E-state index in [0.29, 0.717) is 5.56 Å². The summed E-state index contributed by atoms with van der Waals surface area (Å²) in [5.41, 5.74) is 0.324. The normalized spacial score (nSPS) is 13.7. The molecule has 0 aliphatic heterocycles. The highest BCUT2D eigenvalue weighted by Crippen LogP contribution is 2.31. The Bertz CT molecular complexity index is 427. The van der Waals surface area contributed by atoms with E-state index in [9.17, 15) is 13.2 Å². The molecule has 0 amide bonds. The van der Waals surface area contributed by atoms with Crippen LogP contribution in [0.5, 0.6) is 0 Å². The molecule has 1 atom stereocenters. The lowest BCUT2D eigenvalue weighted by molar-refractivity contribution is -0.136. The molecule has 0 bridgehead atoms. The standard InChI is InChI=1S/C15H17F3/c1-14(2,3)10-9-13(11-15(16,17)18)12-7-5-4-6-8-12/h4-8,13H,11H2,1-3H3/t13-/m1/s1. The van der Waals surface area contributed by atoms with Gasteiger partial charge in [0.15, 0.2) is 0 Å². The molecule has 0 fully saturated rings. The van der Waals surface area contributed by atoms with E-state index in [-0.39, 0.29) is 5.41 Å². The highest BCUT2D eigenvalue weighted by molar-refractivity contribution is 5.29. The van der Waals surface area contributed by atoms with Gasteiger partial charge in [0.05, 0.1) is 12.3 Å². The molecular weight excluding hydrogens is 237 g/mol. The highest BCUT2D eigenvalue weighted by Gasteiger charge is 2.31. The summed E-state index contributed by atoms with van der Waals surface area (Å²) in [6, 6.07) is 8.63. The molecule has 0 aliphatic rings. The van der Waals surface area contributed by atoms with Crippen LogP contribution in [0.2, 0.25) is 0 Å². The average molecular weight is 254 g/mol. The van der Waals surface area contributed by atoms with Crippen molar-refractivity contribution in [3.05, 3.63) is 35.9 Å². The fourth-order valence-corrected chi connectivity index (χ4v) is 1.47. The lowest BCUT2D eigenvalue weighted by Crippen LogP contribution is -2.13. The summed E-state index contributed by atoms with van der Waals surface area (Å²) >= 11 is 0. The van der Waals surface area contributed by atoms with Crippen molar-refractivity contribution < 1.29 is 13.2 Å². The molecule has 0 nitrogen and oxygen atoms in total. The van der Waals surface area contributed by atoms with Gasteiger partial charge in [0, 0.05) is 5.41 Å². The smallest absolute Gasteiger partial charge is 0.171 e. The number of halogens is 3. The van der Waals surface area contributed by atoms with Crippen LogP contribution in [0, 0.1) is 17.3 Å². The average Bonchev–Trinajstić information content (AvgIpc) is 2.23. The molecule has 1 aromatic carbocycles. The molecule has 98 valence electrons. The first kappa shape index (κ1) is 14.6. The maximum Gasteiger partial charge on any atom is 0.390 e. The van der Waals surface area contributed by atoms with Gasteiger partial charge in [-0.15, -0.1) is 0 Å². The van der Waals surface area contributed by atoms with Crippen molar-refractivity contribution in [2.24, 2.45) is 5.41 Å². The summed E-state index contributed by atoms with van der Waals surface area (Å²) in [7, 11) is 0. The van der Waals surface area contributed by atoms with E-state index < -0.39 is 18.5 Å². The molecule has 1 aromatic rings. The van der Waals surface area contributed by atoms with Crippen LogP contribution in [0.1, 0.15) is 38.7 Å². The molecular formula is C15H17F3. The van der Waals surface area contributed by atoms with Crippen LogP contribution >= 0.6 is 0 Å². The van der Waals surface area contributed by atoms with Crippen molar-refractivity contribution in [3.63, 3.8) is 0 Å². The number of hydrogen-bond donors (Lipinski definition) is 0. The van der Waals surface area contributed by atoms with Gasteiger partial charge in [0.25, 0.3) is 0 Å². The highest BCUT2D eigenvalue weighted by atomic mass is 19.4. The SMILES string of the molecule is CC(C)(C)C#C[C@H](CC(F)(F)F)c1ccccc1. The summed E-state index contributed by atoms with van der Waals surface area (Å²) < 4.78 is 37.6. The molecule has 0 unspecified atom stereocenters. The maximum absolute atomic E-state index is 12.5. The minimum Gasteiger partial charge on any atom is -0.171 e. The van der Waals surface area contributed by atoms with E-state index in [2.05, 4.69) is 11.8 Å². The lowest BCUT2D eigenvalue weighted by atomic mass is 9.92. The van der Waals surface area contributed by atoms with Gasteiger partial charge < -0.3 is 0 Å². The Morgan fingerprint density at radius 2 is 1.61 bits per heavy atom. The van der Waals surface area contributed by atoms with Crippen molar-refractivity contribution in [2.75, 3.05) is 0 Å². The van der Waals surface area contributed by atoms with Crippen LogP contribution < -0.4 is 0 Å². The fraction of sp³-hybridized carbons (Fsp3) is 0.467. The summed E-state index contributed by atoms with van der Waals surface area (Å²) in [5.74, 6) is 4.87. The summed E-state index contributed by atoms with van der Waals surface area (Å²) in [4.78, 5) is 0. The third-order valence-corrected chi connectivity index (χ3v) is 2.26. The molecule has 0 aliphatic carbocycles. The molecule has 1 rings (SSSR count). The second-order valence-corrected chi connectivity index (χ2v) is 5.30. The minimum atomic E-state index is -4.20. The largest absolute Gasteiger partial charge is 0.390 e. The molecule has 0 heterocycles. The second kappa shape index (κ2) is 5.48. The summed E-state index contributed by atoms with van der Waals surface area (Å²) in [6.07, 6.45) is -5.10. The van der Waals surface area contributed by atoms with Crippen LogP contribution in [-0.4, -0.2) is 6.18 Å². The second-order valence-electron chi connectivity index (χ2n) is 5.30. The van der Waals surface area contributed by atoms with E-state index in [0.717, 1.165) is 0 Å². The van der Waals surface area contributed by atoms with Gasteiger partial charge >= 0.3 is 6.18 Å². The van der Waals surface area contributed by atoms with Gasteiger partial charge in [-0.25, -0.2) is 0 Å². The number of alkyl halides is 3. The Labute approximate surface area is 106 Å². The quantitative estimate of drug-likeness (QED) is 0.667. The zero-order valence-electron chi connectivity index (χ0n) is 10.8. The summed E-state index contributed by atoms with van der Waals surface area (Å²) in [6.45, 7) is 5.65. The number of benzene rings is 1. The number of rotatable bonds is 2. The molecule has 18 heavy (non-hydrogen) atoms. The van der Waals surface area contributed by atoms with E-state index >= 15 is 0 Å². The summed E-state index contributed by atoms with van der Waals surface area (Å²) in [5, 5.41) is 0. The van der Waals surface area contributed by atoms with Gasteiger partial charge in [0.2, 0.25) is 0 Å². The van der Waals surface area contributed by atoms with Crippen molar-refractivity contribution in [2.45, 2.75) is 39.3 Å². The van der Waals surface area contributed by atoms with Crippen LogP contribution in [-0.2, 0) is 0 Å². The Morgan fingerprint density at radius 3 is 2.06 bits per heavy atom. The third-order valence-electron chi connectivity index (χ3n) is 2.26. The van der Waals surface area contributed by atoms with E-state index in [1.165, 1.54) is 0 Å². The van der Waals surface area contributed by atoms with E-state index in [1.54, 1.807) is 30.3 Å². The van der Waals surface area contributed by atoms with Gasteiger partial charge in [-0.1, -0.05) is 42.2 Å². The predicted octanol–water partition coefficient (Wildman–Crippen LogP) is 4.77. The van der Waals surface area contributed by atoms with Gasteiger partial charge in [-0.2, -0.15) is 13.2 Å². The molecule has 0 N–H and O–H groups in total. The Balaban J connectivity index is 2.99. The molecule has 0 saturated carbocycles. The van der Waals surface area contributed by atoms with Crippen molar-refractivity contribution in [1.82, 2.24) is 0 Å². The Hall–Kier alpha value is -1.43. The first-order valence-corrected chi connectivity index (χ1v) is 5.82. The lowest BCUT2D eigenvalue weighted by Gasteiger charge is -2.15. The Morgan fingerprint density at radius 1 is 1.06 bits per heavy atom. The van der Waals surface area contributed by atoms with Crippen molar-refractivity contribution >= 4 is 0 Å². The first-order chi connectivity index (χ1) is 8.17. The monoisotopic (exact) mass is 254 g/mol. The fourth-order valence-electron chi connectivity index (χ4n) is 1.47. The predicted molar refractivity (Wildman–Crippen MR) is 67.1 cm³/mol. The van der Waals surface area contributed by atoms with Crippen molar-refractivity contribution in [1.29, 1.82) is 0 Å². The minimum absolute atomic E-state index is 0.293. The molecule has 0 radical (unpaired) electrons. The number of hydrogen-bond acceptors (Lipinski definition) is 0. The Kier molecular flexibility index (Phi) is 4.45. The van der Waals surface area contributed by atoms with E-state index in [1.807, 2.05) is 20.8 Å². The zero-order valence-corrected chi connectivity index (χ0v) is 10.8. The first-order valence-electron chi connectivity index (χ1n) is 5.82. The van der Waals surface area contributed by atoms with Crippen LogP contribution in [0.3, 0.4) is 0 Å². The molecule has 0 spiro atoms. The molecule has 0 saturated heterocycles. The van der Waals surface area contributed by atoms with Crippen LogP contribution in [0.15, 0.2) is 30.3 Å². The van der Waals surface area contributed by atoms with Gasteiger partial charge in [-0.05, 0) is 26.3 Å². The molecule has 0 aromatic heterocycles. The van der Waals surface area contributed by atoms with Gasteiger partial charge in [0.1, 0.15) is 0 Å². The zero-order chi connectivity index (χ0) is 13.8. The van der Waals surface area contributed by atoms with Crippen LogP contribution in [0.4, 0.5) is 13.2 Å². The van der Waals surface area contributed by atoms with Crippen LogP contribution in [0.25, 0.3) is 0 Å². The van der Waals surface area contributed by atoms with E-state index in [4.69, 9.17) is 0 Å². The van der Waals surface area contributed by atoms with Crippen molar-refractivity contribution in [3.8, 4) is 11.8 Å².